The molecule has 17 heavy (non-hydrogen) atoms. The van der Waals surface area contributed by atoms with Gasteiger partial charge in [0.25, 0.3) is 0 Å². The van der Waals surface area contributed by atoms with Crippen LogP contribution in [0.25, 0.3) is 0 Å². The van der Waals surface area contributed by atoms with Gasteiger partial charge in [0.05, 0.1) is 6.61 Å². The molecule has 0 aliphatic heterocycles. The normalized spacial score (nSPS) is 10.5. The van der Waals surface area contributed by atoms with Gasteiger partial charge in [0.1, 0.15) is 5.88 Å². The molecule has 0 aliphatic carbocycles. The van der Waals surface area contributed by atoms with Gasteiger partial charge in [-0.2, -0.15) is 0 Å². The quantitative estimate of drug-likeness (QED) is 0.830. The first-order valence-corrected chi connectivity index (χ1v) is 5.58. The Hall–Kier alpha value is -1.59. The molecule has 5 nitrogen and oxygen atoms in total. The maximum Gasteiger partial charge on any atom is 0.320 e. The van der Waals surface area contributed by atoms with E-state index in [0.717, 1.165) is 11.3 Å². The van der Waals surface area contributed by atoms with E-state index in [1.165, 1.54) is 0 Å². The van der Waals surface area contributed by atoms with Crippen molar-refractivity contribution in [2.24, 2.45) is 0 Å². The average molecular weight is 254 g/mol. The molecule has 0 saturated heterocycles. The lowest BCUT2D eigenvalue weighted by Crippen LogP contribution is -1.93. The molecule has 0 aliphatic rings. The Morgan fingerprint density at radius 2 is 2.29 bits per heavy atom. The smallest absolute Gasteiger partial charge is 0.320 e. The lowest BCUT2D eigenvalue weighted by molar-refractivity contribution is 0.185. The van der Waals surface area contributed by atoms with Gasteiger partial charge < -0.3 is 14.5 Å². The summed E-state index contributed by atoms with van der Waals surface area (Å²) in [5, 5.41) is 10.6. The third kappa shape index (κ3) is 3.18. The van der Waals surface area contributed by atoms with Gasteiger partial charge in [0, 0.05) is 12.8 Å². The molecule has 0 spiro atoms. The monoisotopic (exact) mass is 253 g/mol. The van der Waals surface area contributed by atoms with Crippen molar-refractivity contribution in [2.75, 3.05) is 12.4 Å². The third-order valence-electron chi connectivity index (χ3n) is 2.07. The largest absolute Gasteiger partial charge is 0.407 e. The minimum absolute atomic E-state index is 0.207. The van der Waals surface area contributed by atoms with Crippen LogP contribution < -0.4 is 5.32 Å². The highest BCUT2D eigenvalue weighted by Crippen LogP contribution is 2.17. The summed E-state index contributed by atoms with van der Waals surface area (Å²) in [6.45, 7) is 0.562. The second-order valence-electron chi connectivity index (χ2n) is 3.39. The number of benzene rings is 1. The Morgan fingerprint density at radius 3 is 3.00 bits per heavy atom. The summed E-state index contributed by atoms with van der Waals surface area (Å²) in [6, 6.07) is 8.09. The third-order valence-corrected chi connectivity index (χ3v) is 2.30. The van der Waals surface area contributed by atoms with Crippen LogP contribution in [0.1, 0.15) is 11.5 Å². The fourth-order valence-electron chi connectivity index (χ4n) is 1.39. The van der Waals surface area contributed by atoms with Crippen molar-refractivity contribution in [3.8, 4) is 0 Å². The molecule has 1 N–H and O–H groups in total. The fourth-order valence-corrected chi connectivity index (χ4v) is 1.50. The zero-order valence-electron chi connectivity index (χ0n) is 9.31. The van der Waals surface area contributed by atoms with Gasteiger partial charge in [0.2, 0.25) is 5.89 Å². The van der Waals surface area contributed by atoms with Crippen LogP contribution >= 0.6 is 11.6 Å². The number of ether oxygens (including phenoxy) is 1. The Bertz CT molecular complexity index is 487. The summed E-state index contributed by atoms with van der Waals surface area (Å²) in [6.07, 6.45) is 0. The molecular weight excluding hydrogens is 242 g/mol. The molecule has 2 rings (SSSR count). The van der Waals surface area contributed by atoms with E-state index in [2.05, 4.69) is 15.5 Å². The molecule has 0 bridgehead atoms. The SMILES string of the molecule is COCc1cccc(Nc2nnc(CCl)o2)c1. The van der Waals surface area contributed by atoms with Crippen LogP contribution in [0.4, 0.5) is 11.7 Å². The number of nitrogens with zero attached hydrogens (tertiary/aromatic N) is 2. The van der Waals surface area contributed by atoms with Gasteiger partial charge in [-0.05, 0) is 17.7 Å². The summed E-state index contributed by atoms with van der Waals surface area (Å²) in [5.74, 6) is 0.598. The van der Waals surface area contributed by atoms with Gasteiger partial charge >= 0.3 is 6.01 Å². The summed E-state index contributed by atoms with van der Waals surface area (Å²) < 4.78 is 10.3. The maximum absolute atomic E-state index is 5.57. The second kappa shape index (κ2) is 5.65. The zero-order valence-corrected chi connectivity index (χ0v) is 10.1. The van der Waals surface area contributed by atoms with Crippen LogP contribution in [-0.4, -0.2) is 17.3 Å². The highest BCUT2D eigenvalue weighted by atomic mass is 35.5. The number of alkyl halides is 1. The molecule has 1 aromatic heterocycles. The van der Waals surface area contributed by atoms with E-state index in [1.807, 2.05) is 24.3 Å². The van der Waals surface area contributed by atoms with Crippen LogP contribution in [0.5, 0.6) is 0 Å². The number of aromatic nitrogens is 2. The molecule has 0 unspecified atom stereocenters. The first-order chi connectivity index (χ1) is 8.31. The van der Waals surface area contributed by atoms with Gasteiger partial charge in [0.15, 0.2) is 0 Å². The first-order valence-electron chi connectivity index (χ1n) is 5.05. The summed E-state index contributed by atoms with van der Waals surface area (Å²) in [7, 11) is 1.66. The highest BCUT2D eigenvalue weighted by molar-refractivity contribution is 6.16. The van der Waals surface area contributed by atoms with E-state index >= 15 is 0 Å². The minimum Gasteiger partial charge on any atom is -0.407 e. The van der Waals surface area contributed by atoms with E-state index in [4.69, 9.17) is 20.8 Å². The molecule has 2 aromatic rings. The van der Waals surface area contributed by atoms with Crippen molar-refractivity contribution in [1.82, 2.24) is 10.2 Å². The Balaban J connectivity index is 2.09. The predicted molar refractivity (Wildman–Crippen MR) is 64.3 cm³/mol. The van der Waals surface area contributed by atoms with E-state index in [1.54, 1.807) is 7.11 Å². The number of halogens is 1. The maximum atomic E-state index is 5.57. The van der Waals surface area contributed by atoms with Crippen molar-refractivity contribution in [3.05, 3.63) is 35.7 Å². The molecule has 0 atom stereocenters. The lowest BCUT2D eigenvalue weighted by atomic mass is 10.2. The topological polar surface area (TPSA) is 60.2 Å². The number of hydrogen-bond donors (Lipinski definition) is 1. The van der Waals surface area contributed by atoms with Crippen molar-refractivity contribution in [1.29, 1.82) is 0 Å². The summed E-state index contributed by atoms with van der Waals surface area (Å²) in [5.41, 5.74) is 1.93. The zero-order chi connectivity index (χ0) is 12.1. The Morgan fingerprint density at radius 1 is 1.41 bits per heavy atom. The van der Waals surface area contributed by atoms with Crippen LogP contribution in [0, 0.1) is 0 Å². The molecule has 0 saturated carbocycles. The number of rotatable bonds is 5. The van der Waals surface area contributed by atoms with Crippen LogP contribution in [-0.2, 0) is 17.2 Å². The van der Waals surface area contributed by atoms with Crippen molar-refractivity contribution in [2.45, 2.75) is 12.5 Å². The van der Waals surface area contributed by atoms with Gasteiger partial charge in [-0.15, -0.1) is 16.7 Å². The fraction of sp³-hybridized carbons (Fsp3) is 0.273. The molecule has 90 valence electrons. The summed E-state index contributed by atoms with van der Waals surface area (Å²) in [4.78, 5) is 0. The lowest BCUT2D eigenvalue weighted by Gasteiger charge is -2.04. The summed E-state index contributed by atoms with van der Waals surface area (Å²) >= 11 is 5.57. The van der Waals surface area contributed by atoms with E-state index in [9.17, 15) is 0 Å². The Labute approximate surface area is 104 Å². The van der Waals surface area contributed by atoms with E-state index < -0.39 is 0 Å². The van der Waals surface area contributed by atoms with Crippen LogP contribution in [0.2, 0.25) is 0 Å². The van der Waals surface area contributed by atoms with Crippen molar-refractivity contribution >= 4 is 23.3 Å². The van der Waals surface area contributed by atoms with Crippen LogP contribution in [0.15, 0.2) is 28.7 Å². The van der Waals surface area contributed by atoms with Crippen molar-refractivity contribution in [3.63, 3.8) is 0 Å². The molecule has 6 heteroatoms. The Kier molecular flexibility index (Phi) is 3.95. The number of anilines is 2. The number of methoxy groups -OCH3 is 1. The van der Waals surface area contributed by atoms with Gasteiger partial charge in [-0.3, -0.25) is 0 Å². The average Bonchev–Trinajstić information content (AvgIpc) is 2.78. The van der Waals surface area contributed by atoms with Crippen molar-refractivity contribution < 1.29 is 9.15 Å². The van der Waals surface area contributed by atoms with Gasteiger partial charge in [-0.1, -0.05) is 17.2 Å². The van der Waals surface area contributed by atoms with E-state index in [-0.39, 0.29) is 5.88 Å². The highest BCUT2D eigenvalue weighted by Gasteiger charge is 2.05. The molecule has 1 heterocycles. The second-order valence-corrected chi connectivity index (χ2v) is 3.66. The predicted octanol–water partition coefficient (Wildman–Crippen LogP) is 2.70. The minimum atomic E-state index is 0.207. The number of nitrogens with one attached hydrogen (secondary N) is 1. The van der Waals surface area contributed by atoms with E-state index in [0.29, 0.717) is 18.5 Å². The first kappa shape index (κ1) is 11.9. The molecule has 0 amide bonds. The number of hydrogen-bond acceptors (Lipinski definition) is 5. The van der Waals surface area contributed by atoms with Gasteiger partial charge in [-0.25, -0.2) is 0 Å². The molecule has 1 aromatic carbocycles. The molecule has 0 radical (unpaired) electrons. The molecular formula is C11H12ClN3O2. The molecule has 0 fully saturated rings. The standard InChI is InChI=1S/C11H12ClN3O2/c1-16-7-8-3-2-4-9(5-8)13-11-15-14-10(6-12)17-11/h2-5H,6-7H2,1H3,(H,13,15). The van der Waals surface area contributed by atoms with Crippen LogP contribution in [0.3, 0.4) is 0 Å².